The molecular formula is C31H51N5O7. The van der Waals surface area contributed by atoms with E-state index >= 15 is 0 Å². The summed E-state index contributed by atoms with van der Waals surface area (Å²) < 4.78 is 10.8. The highest BCUT2D eigenvalue weighted by Crippen LogP contribution is 2.24. The van der Waals surface area contributed by atoms with Crippen molar-refractivity contribution in [3.05, 3.63) is 30.6 Å². The molecule has 43 heavy (non-hydrogen) atoms. The number of hydrogen-bond donors (Lipinski definition) is 3. The molecule has 2 heterocycles. The van der Waals surface area contributed by atoms with E-state index in [-0.39, 0.29) is 73.1 Å². The van der Waals surface area contributed by atoms with Gasteiger partial charge in [-0.1, -0.05) is 19.9 Å². The minimum Gasteiger partial charge on any atom is -0.379 e. The lowest BCUT2D eigenvalue weighted by molar-refractivity contribution is -0.128. The van der Waals surface area contributed by atoms with Crippen molar-refractivity contribution >= 4 is 29.4 Å². The van der Waals surface area contributed by atoms with Gasteiger partial charge in [-0.2, -0.15) is 0 Å². The van der Waals surface area contributed by atoms with Crippen LogP contribution in [-0.2, 0) is 33.4 Å². The standard InChI is InChI=1S/C24H40N4O7.C5H5N.C2H6/c1-17(29)18-3-5-20(6-4-18)27-22(31)8-11-34-13-14-35-12-10-25-21(30)7-9-26-24(33)19-15-23(32)28(2)16-19;1-2-4-6-5-3-1;1-2/h18-20H,3-16H2,1-2H3,(H,25,30)(H,26,33)(H,27,31);1-5H;1-2H3. The highest BCUT2D eigenvalue weighted by atomic mass is 16.5. The molecule has 2 aliphatic rings. The maximum absolute atomic E-state index is 12.0. The average molecular weight is 606 g/mol. The number of ether oxygens (including phenoxy) is 2. The normalized spacial score (nSPS) is 19.2. The van der Waals surface area contributed by atoms with Gasteiger partial charge >= 0.3 is 0 Å². The van der Waals surface area contributed by atoms with Gasteiger partial charge in [-0.05, 0) is 44.7 Å². The van der Waals surface area contributed by atoms with Crippen LogP contribution in [0.25, 0.3) is 0 Å². The number of ketones is 1. The van der Waals surface area contributed by atoms with E-state index in [1.807, 2.05) is 32.0 Å². The molecule has 0 aromatic carbocycles. The number of carbonyl (C=O) groups is 5. The van der Waals surface area contributed by atoms with Gasteiger partial charge in [0.05, 0.1) is 32.3 Å². The number of aromatic nitrogens is 1. The fourth-order valence-electron chi connectivity index (χ4n) is 4.58. The Kier molecular flexibility index (Phi) is 20.2. The van der Waals surface area contributed by atoms with Gasteiger partial charge in [0.15, 0.2) is 0 Å². The summed E-state index contributed by atoms with van der Waals surface area (Å²) >= 11 is 0. The first-order chi connectivity index (χ1) is 20.8. The van der Waals surface area contributed by atoms with Crippen molar-refractivity contribution in [3.63, 3.8) is 0 Å². The molecule has 3 N–H and O–H groups in total. The van der Waals surface area contributed by atoms with Crippen LogP contribution in [0.3, 0.4) is 0 Å². The number of amides is 4. The first-order valence-electron chi connectivity index (χ1n) is 15.3. The maximum Gasteiger partial charge on any atom is 0.225 e. The lowest BCUT2D eigenvalue weighted by atomic mass is 9.84. The van der Waals surface area contributed by atoms with Crippen molar-refractivity contribution in [2.45, 2.75) is 71.8 Å². The molecule has 1 aromatic rings. The largest absolute Gasteiger partial charge is 0.379 e. The van der Waals surface area contributed by atoms with Crippen LogP contribution in [0, 0.1) is 11.8 Å². The molecule has 1 unspecified atom stereocenters. The number of rotatable bonds is 15. The van der Waals surface area contributed by atoms with Gasteiger partial charge < -0.3 is 30.3 Å². The van der Waals surface area contributed by atoms with E-state index < -0.39 is 0 Å². The van der Waals surface area contributed by atoms with Crippen LogP contribution in [-0.4, -0.2) is 98.4 Å². The van der Waals surface area contributed by atoms with Gasteiger partial charge in [-0.15, -0.1) is 0 Å². The molecule has 2 fully saturated rings. The fourth-order valence-corrected chi connectivity index (χ4v) is 4.58. The molecule has 4 amide bonds. The van der Waals surface area contributed by atoms with Gasteiger partial charge in [0.25, 0.3) is 0 Å². The molecule has 0 bridgehead atoms. The predicted molar refractivity (Wildman–Crippen MR) is 163 cm³/mol. The molecule has 1 aliphatic carbocycles. The molecule has 12 heteroatoms. The molecule has 3 rings (SSSR count). The quantitative estimate of drug-likeness (QED) is 0.256. The minimum absolute atomic E-state index is 0.0415. The molecule has 1 saturated carbocycles. The van der Waals surface area contributed by atoms with E-state index in [1.165, 1.54) is 4.90 Å². The maximum atomic E-state index is 12.0. The number of nitrogens with zero attached hydrogens (tertiary/aromatic N) is 2. The Balaban J connectivity index is 0.00000101. The first-order valence-corrected chi connectivity index (χ1v) is 15.3. The van der Waals surface area contributed by atoms with E-state index in [1.54, 1.807) is 26.4 Å². The van der Waals surface area contributed by atoms with Crippen LogP contribution in [0.4, 0.5) is 0 Å². The number of pyridine rings is 1. The Bertz CT molecular complexity index is 928. The van der Waals surface area contributed by atoms with Crippen molar-refractivity contribution in [1.29, 1.82) is 0 Å². The SMILES string of the molecule is CC.CC(=O)C1CCC(NC(=O)CCOCCOCCNC(=O)CCNC(=O)C2CC(=O)N(C)C2)CC1.c1ccncc1. The second kappa shape index (κ2) is 23.1. The Morgan fingerprint density at radius 3 is 2.02 bits per heavy atom. The number of Topliss-reactive ketones (excluding diaryl/α,β-unsaturated/α-hetero) is 1. The minimum atomic E-state index is -0.348. The van der Waals surface area contributed by atoms with E-state index in [4.69, 9.17) is 9.47 Å². The Morgan fingerprint density at radius 2 is 1.49 bits per heavy atom. The van der Waals surface area contributed by atoms with Crippen LogP contribution in [0.5, 0.6) is 0 Å². The third kappa shape index (κ3) is 17.4. The van der Waals surface area contributed by atoms with Crippen molar-refractivity contribution in [3.8, 4) is 0 Å². The number of likely N-dealkylation sites (tertiary alicyclic amines) is 1. The molecular weight excluding hydrogens is 554 g/mol. The fraction of sp³-hybridized carbons (Fsp3) is 0.677. The summed E-state index contributed by atoms with van der Waals surface area (Å²) in [5.41, 5.74) is 0. The molecule has 0 radical (unpaired) electrons. The Labute approximate surface area is 256 Å². The van der Waals surface area contributed by atoms with Crippen molar-refractivity contribution in [1.82, 2.24) is 25.8 Å². The molecule has 0 spiro atoms. The summed E-state index contributed by atoms with van der Waals surface area (Å²) in [6, 6.07) is 5.86. The van der Waals surface area contributed by atoms with Crippen LogP contribution < -0.4 is 16.0 Å². The first kappa shape index (κ1) is 37.6. The lowest BCUT2D eigenvalue weighted by Gasteiger charge is -2.27. The number of nitrogens with one attached hydrogen (secondary N) is 3. The van der Waals surface area contributed by atoms with Gasteiger partial charge in [0.2, 0.25) is 23.6 Å². The topological polar surface area (TPSA) is 156 Å². The second-order valence-corrected chi connectivity index (χ2v) is 10.3. The molecule has 1 aromatic heterocycles. The molecule has 1 aliphatic heterocycles. The van der Waals surface area contributed by atoms with Crippen LogP contribution >= 0.6 is 0 Å². The smallest absolute Gasteiger partial charge is 0.225 e. The predicted octanol–water partition coefficient (Wildman–Crippen LogP) is 1.88. The molecule has 12 nitrogen and oxygen atoms in total. The van der Waals surface area contributed by atoms with Gasteiger partial charge in [0.1, 0.15) is 5.78 Å². The molecule has 242 valence electrons. The summed E-state index contributed by atoms with van der Waals surface area (Å²) in [4.78, 5) is 64.0. The number of hydrogen-bond acceptors (Lipinski definition) is 8. The van der Waals surface area contributed by atoms with Crippen molar-refractivity contribution in [2.75, 3.05) is 53.1 Å². The van der Waals surface area contributed by atoms with Crippen LogP contribution in [0.15, 0.2) is 30.6 Å². The highest BCUT2D eigenvalue weighted by Gasteiger charge is 2.31. The Morgan fingerprint density at radius 1 is 0.837 bits per heavy atom. The number of carbonyl (C=O) groups excluding carboxylic acids is 5. The third-order valence-corrected chi connectivity index (χ3v) is 7.01. The molecule has 1 atom stereocenters. The zero-order valence-electron chi connectivity index (χ0n) is 26.3. The zero-order valence-corrected chi connectivity index (χ0v) is 26.3. The van der Waals surface area contributed by atoms with Gasteiger partial charge in [-0.3, -0.25) is 29.0 Å². The van der Waals surface area contributed by atoms with Gasteiger partial charge in [0, 0.05) is 70.3 Å². The zero-order chi connectivity index (χ0) is 31.9. The van der Waals surface area contributed by atoms with Crippen LogP contribution in [0.1, 0.15) is 65.7 Å². The van der Waals surface area contributed by atoms with E-state index in [9.17, 15) is 24.0 Å². The van der Waals surface area contributed by atoms with E-state index in [2.05, 4.69) is 20.9 Å². The summed E-state index contributed by atoms with van der Waals surface area (Å²) in [5, 5.41) is 8.42. The lowest BCUT2D eigenvalue weighted by Crippen LogP contribution is -2.38. The summed E-state index contributed by atoms with van der Waals surface area (Å²) in [6.07, 6.45) is 7.53. The van der Waals surface area contributed by atoms with Crippen molar-refractivity contribution < 1.29 is 33.4 Å². The monoisotopic (exact) mass is 605 g/mol. The van der Waals surface area contributed by atoms with Crippen LogP contribution in [0.2, 0.25) is 0 Å². The Hall–Kier alpha value is -3.38. The summed E-state index contributed by atoms with van der Waals surface area (Å²) in [6.45, 7) is 7.98. The van der Waals surface area contributed by atoms with Crippen molar-refractivity contribution in [2.24, 2.45) is 11.8 Å². The third-order valence-electron chi connectivity index (χ3n) is 7.01. The second-order valence-electron chi connectivity index (χ2n) is 10.3. The van der Waals surface area contributed by atoms with E-state index in [0.29, 0.717) is 39.5 Å². The summed E-state index contributed by atoms with van der Waals surface area (Å²) in [5.74, 6) is -0.441. The summed E-state index contributed by atoms with van der Waals surface area (Å²) in [7, 11) is 1.67. The average Bonchev–Trinajstić information content (AvgIpc) is 3.36. The van der Waals surface area contributed by atoms with Gasteiger partial charge in [-0.25, -0.2) is 0 Å². The highest BCUT2D eigenvalue weighted by molar-refractivity contribution is 5.89. The molecule has 1 saturated heterocycles. The van der Waals surface area contributed by atoms with E-state index in [0.717, 1.165) is 25.7 Å².